The maximum atomic E-state index is 11.9. The van der Waals surface area contributed by atoms with Crippen LogP contribution in [0, 0.1) is 10.1 Å². The van der Waals surface area contributed by atoms with Gasteiger partial charge in [0, 0.05) is 12.1 Å². The number of carbonyl (C=O) groups is 1. The predicted octanol–water partition coefficient (Wildman–Crippen LogP) is 2.10. The van der Waals surface area contributed by atoms with E-state index in [-0.39, 0.29) is 29.2 Å². The highest BCUT2D eigenvalue weighted by Gasteiger charge is 2.15. The fourth-order valence-electron chi connectivity index (χ4n) is 1.87. The Balaban J connectivity index is 1.91. The highest BCUT2D eigenvalue weighted by Crippen LogP contribution is 2.26. The third kappa shape index (κ3) is 4.06. The molecule has 0 aliphatic heterocycles. The van der Waals surface area contributed by atoms with Gasteiger partial charge in [-0.3, -0.25) is 14.9 Å². The normalized spacial score (nSPS) is 11.9. The van der Waals surface area contributed by atoms with E-state index in [1.165, 1.54) is 18.2 Å². The van der Waals surface area contributed by atoms with Crippen molar-refractivity contribution < 1.29 is 19.5 Å². The van der Waals surface area contributed by atoms with Gasteiger partial charge in [0.2, 0.25) is 0 Å². The van der Waals surface area contributed by atoms with Crippen LogP contribution in [0.1, 0.15) is 18.7 Å². The quantitative estimate of drug-likeness (QED) is 0.627. The van der Waals surface area contributed by atoms with Crippen molar-refractivity contribution in [2.24, 2.45) is 0 Å². The predicted molar refractivity (Wildman–Crippen MR) is 80.7 cm³/mol. The fourth-order valence-corrected chi connectivity index (χ4v) is 2.09. The smallest absolute Gasteiger partial charge is 0.279 e. The van der Waals surface area contributed by atoms with Gasteiger partial charge in [0.1, 0.15) is 6.04 Å². The Labute approximate surface area is 131 Å². The molecule has 0 fully saturated rings. The first kappa shape index (κ1) is 16.0. The molecule has 116 valence electrons. The van der Waals surface area contributed by atoms with E-state index in [4.69, 9.17) is 16.0 Å². The maximum absolute atomic E-state index is 11.9. The molecule has 0 aliphatic carbocycles. The highest BCUT2D eigenvalue weighted by atomic mass is 35.5. The summed E-state index contributed by atoms with van der Waals surface area (Å²) in [5.41, 5.74) is 0.220. The number of anilines is 1. The van der Waals surface area contributed by atoms with Crippen LogP contribution in [-0.2, 0) is 4.79 Å². The van der Waals surface area contributed by atoms with E-state index in [0.29, 0.717) is 5.69 Å². The molecule has 22 heavy (non-hydrogen) atoms. The van der Waals surface area contributed by atoms with E-state index in [2.05, 4.69) is 5.32 Å². The monoisotopic (exact) mass is 324 g/mol. The van der Waals surface area contributed by atoms with Crippen LogP contribution in [0.4, 0.5) is 11.4 Å². The number of nitrogens with zero attached hydrogens (tertiary/aromatic N) is 1. The molecule has 0 saturated carbocycles. The van der Waals surface area contributed by atoms with Crippen LogP contribution in [0.15, 0.2) is 41.0 Å². The minimum absolute atomic E-state index is 0.00748. The fraction of sp³-hybridized carbons (Fsp3) is 0.214. The summed E-state index contributed by atoms with van der Waals surface area (Å²) in [6.45, 7) is 2.10. The number of nitro groups is 1. The van der Waals surface area contributed by atoms with Gasteiger partial charge >= 0.3 is 0 Å². The summed E-state index contributed by atoms with van der Waals surface area (Å²) in [5.74, 6) is 0.523. The lowest BCUT2D eigenvalue weighted by Crippen LogP contribution is -2.86. The molecule has 8 heteroatoms. The second kappa shape index (κ2) is 7.06. The van der Waals surface area contributed by atoms with E-state index in [9.17, 15) is 14.9 Å². The van der Waals surface area contributed by atoms with Crippen molar-refractivity contribution in [3.8, 4) is 0 Å². The van der Waals surface area contributed by atoms with Crippen molar-refractivity contribution in [2.75, 3.05) is 11.9 Å². The summed E-state index contributed by atoms with van der Waals surface area (Å²) < 4.78 is 5.25. The molecule has 0 radical (unpaired) electrons. The van der Waals surface area contributed by atoms with E-state index >= 15 is 0 Å². The lowest BCUT2D eigenvalue weighted by molar-refractivity contribution is -0.684. The summed E-state index contributed by atoms with van der Waals surface area (Å²) in [6, 6.07) is 7.54. The van der Waals surface area contributed by atoms with Gasteiger partial charge in [-0.2, -0.15) is 0 Å². The number of amides is 1. The van der Waals surface area contributed by atoms with Crippen molar-refractivity contribution >= 4 is 28.9 Å². The first-order chi connectivity index (χ1) is 10.5. The molecule has 3 N–H and O–H groups in total. The average Bonchev–Trinajstić information content (AvgIpc) is 3.01. The SMILES string of the molecule is C[C@H]([NH2+]CC(=O)Nc1ccc([N+](=O)[O-])cc1Cl)c1ccco1. The second-order valence-electron chi connectivity index (χ2n) is 4.71. The zero-order valence-electron chi connectivity index (χ0n) is 11.8. The maximum Gasteiger partial charge on any atom is 0.279 e. The number of carbonyl (C=O) groups excluding carboxylic acids is 1. The largest absolute Gasteiger partial charge is 0.463 e. The molecule has 2 aromatic rings. The van der Waals surface area contributed by atoms with Gasteiger partial charge in [0.15, 0.2) is 12.3 Å². The van der Waals surface area contributed by atoms with Gasteiger partial charge < -0.3 is 15.1 Å². The number of hydrogen-bond acceptors (Lipinski definition) is 4. The Bertz CT molecular complexity index is 673. The molecule has 1 aromatic carbocycles. The minimum Gasteiger partial charge on any atom is -0.463 e. The molecular formula is C14H15ClN3O4+. The lowest BCUT2D eigenvalue weighted by atomic mass is 10.2. The average molecular weight is 325 g/mol. The zero-order chi connectivity index (χ0) is 16.1. The number of halogens is 1. The number of nitrogens with one attached hydrogen (secondary N) is 1. The van der Waals surface area contributed by atoms with Gasteiger partial charge in [-0.1, -0.05) is 11.6 Å². The van der Waals surface area contributed by atoms with Crippen molar-refractivity contribution in [3.63, 3.8) is 0 Å². The first-order valence-electron chi connectivity index (χ1n) is 6.58. The summed E-state index contributed by atoms with van der Waals surface area (Å²) in [4.78, 5) is 22.0. The van der Waals surface area contributed by atoms with Crippen LogP contribution < -0.4 is 10.6 Å². The topological polar surface area (TPSA) is 102 Å². The molecule has 1 amide bonds. The van der Waals surface area contributed by atoms with Gasteiger partial charge in [-0.15, -0.1) is 0 Å². The Morgan fingerprint density at radius 1 is 1.50 bits per heavy atom. The molecule has 0 unspecified atom stereocenters. The second-order valence-corrected chi connectivity index (χ2v) is 5.12. The summed E-state index contributed by atoms with van der Waals surface area (Å²) in [6.07, 6.45) is 1.58. The van der Waals surface area contributed by atoms with E-state index in [1.807, 2.05) is 18.3 Å². The Morgan fingerprint density at radius 2 is 2.27 bits per heavy atom. The van der Waals surface area contributed by atoms with E-state index < -0.39 is 4.92 Å². The van der Waals surface area contributed by atoms with Crippen molar-refractivity contribution in [2.45, 2.75) is 13.0 Å². The van der Waals surface area contributed by atoms with Crippen LogP contribution in [0.2, 0.25) is 5.02 Å². The van der Waals surface area contributed by atoms with Gasteiger partial charge in [-0.05, 0) is 25.1 Å². The molecule has 7 nitrogen and oxygen atoms in total. The van der Waals surface area contributed by atoms with Crippen molar-refractivity contribution in [1.29, 1.82) is 0 Å². The molecule has 0 saturated heterocycles. The van der Waals surface area contributed by atoms with Crippen LogP contribution in [0.25, 0.3) is 0 Å². The van der Waals surface area contributed by atoms with Gasteiger partial charge in [0.05, 0.1) is 21.9 Å². The molecule has 1 heterocycles. The summed E-state index contributed by atoms with van der Waals surface area (Å²) >= 11 is 5.92. The number of quaternary nitrogens is 1. The highest BCUT2D eigenvalue weighted by molar-refractivity contribution is 6.33. The number of rotatable bonds is 6. The molecule has 2 rings (SSSR count). The van der Waals surface area contributed by atoms with E-state index in [1.54, 1.807) is 12.3 Å². The van der Waals surface area contributed by atoms with Crippen LogP contribution in [0.3, 0.4) is 0 Å². The lowest BCUT2D eigenvalue weighted by Gasteiger charge is -2.09. The van der Waals surface area contributed by atoms with Crippen LogP contribution >= 0.6 is 11.6 Å². The molecule has 1 aromatic heterocycles. The summed E-state index contributed by atoms with van der Waals surface area (Å²) in [7, 11) is 0. The number of non-ortho nitro benzene ring substituents is 1. The van der Waals surface area contributed by atoms with Crippen LogP contribution in [-0.4, -0.2) is 17.4 Å². The summed E-state index contributed by atoms with van der Waals surface area (Å²) in [5, 5.41) is 15.2. The molecular weight excluding hydrogens is 310 g/mol. The number of hydrogen-bond donors (Lipinski definition) is 2. The zero-order valence-corrected chi connectivity index (χ0v) is 12.5. The van der Waals surface area contributed by atoms with Gasteiger partial charge in [0.25, 0.3) is 11.6 Å². The Hall–Kier alpha value is -2.38. The number of benzene rings is 1. The van der Waals surface area contributed by atoms with Crippen molar-refractivity contribution in [1.82, 2.24) is 0 Å². The number of nitro benzene ring substituents is 1. The third-order valence-corrected chi connectivity index (χ3v) is 3.40. The minimum atomic E-state index is -0.545. The van der Waals surface area contributed by atoms with Crippen LogP contribution in [0.5, 0.6) is 0 Å². The standard InChI is InChI=1S/C14H14ClN3O4/c1-9(13-3-2-6-22-13)16-8-14(19)17-12-5-4-10(18(20)21)7-11(12)15/h2-7,9,16H,8H2,1H3,(H,17,19)/p+1/t9-/m0/s1. The Kier molecular flexibility index (Phi) is 5.13. The van der Waals surface area contributed by atoms with Crippen molar-refractivity contribution in [3.05, 3.63) is 57.5 Å². The molecule has 0 bridgehead atoms. The number of nitrogens with two attached hydrogens (primary N) is 1. The number of furan rings is 1. The van der Waals surface area contributed by atoms with E-state index in [0.717, 1.165) is 5.76 Å². The Morgan fingerprint density at radius 3 is 2.86 bits per heavy atom. The molecule has 1 atom stereocenters. The van der Waals surface area contributed by atoms with Gasteiger partial charge in [-0.25, -0.2) is 0 Å². The molecule has 0 aliphatic rings. The molecule has 0 spiro atoms. The first-order valence-corrected chi connectivity index (χ1v) is 6.95. The third-order valence-electron chi connectivity index (χ3n) is 3.09.